The van der Waals surface area contributed by atoms with E-state index in [0.29, 0.717) is 37.3 Å². The van der Waals surface area contributed by atoms with Gasteiger partial charge in [0.25, 0.3) is 5.91 Å². The fourth-order valence-corrected chi connectivity index (χ4v) is 2.65. The number of ether oxygens (including phenoxy) is 1. The first-order valence-corrected chi connectivity index (χ1v) is 6.91. The number of carbonyl (C=O) groups is 1. The quantitative estimate of drug-likeness (QED) is 0.730. The summed E-state index contributed by atoms with van der Waals surface area (Å²) in [5.41, 5.74) is 6.12. The molecule has 1 aliphatic rings. The minimum atomic E-state index is -0.591. The van der Waals surface area contributed by atoms with Gasteiger partial charge in [0.1, 0.15) is 0 Å². The molecule has 2 rings (SSSR count). The van der Waals surface area contributed by atoms with Crippen molar-refractivity contribution in [1.82, 2.24) is 5.32 Å². The molecule has 104 valence electrons. The molecule has 19 heavy (non-hydrogen) atoms. The van der Waals surface area contributed by atoms with Crippen molar-refractivity contribution < 1.29 is 14.6 Å². The summed E-state index contributed by atoms with van der Waals surface area (Å²) in [7, 11) is 0. The van der Waals surface area contributed by atoms with Crippen LogP contribution in [0.15, 0.2) is 22.7 Å². The Labute approximate surface area is 120 Å². The average Bonchev–Trinajstić information content (AvgIpc) is 2.38. The molecule has 0 bridgehead atoms. The number of nitrogens with two attached hydrogens (primary N) is 1. The number of anilines is 1. The standard InChI is InChI=1S/C13H17BrN2O3/c14-10-5-9(6-11(15)7-10)12(18)16-13(8-17)1-3-19-4-2-13/h5-7,17H,1-4,8,15H2,(H,16,18). The lowest BCUT2D eigenvalue weighted by atomic mass is 9.90. The van der Waals surface area contributed by atoms with Gasteiger partial charge in [-0.1, -0.05) is 15.9 Å². The van der Waals surface area contributed by atoms with Crippen LogP contribution >= 0.6 is 15.9 Å². The molecule has 1 heterocycles. The topological polar surface area (TPSA) is 84.6 Å². The molecule has 1 aromatic carbocycles. The third-order valence-corrected chi connectivity index (χ3v) is 3.77. The largest absolute Gasteiger partial charge is 0.399 e. The normalized spacial score (nSPS) is 18.0. The first-order valence-electron chi connectivity index (χ1n) is 6.12. The molecule has 1 aliphatic heterocycles. The van der Waals surface area contributed by atoms with Gasteiger partial charge in [-0.15, -0.1) is 0 Å². The molecule has 1 aromatic rings. The van der Waals surface area contributed by atoms with Gasteiger partial charge in [-0.2, -0.15) is 0 Å². The van der Waals surface area contributed by atoms with Crippen molar-refractivity contribution in [3.63, 3.8) is 0 Å². The molecule has 0 unspecified atom stereocenters. The number of amides is 1. The van der Waals surface area contributed by atoms with Crippen molar-refractivity contribution in [3.05, 3.63) is 28.2 Å². The number of aliphatic hydroxyl groups is 1. The number of nitrogens with one attached hydrogen (secondary N) is 1. The van der Waals surface area contributed by atoms with Gasteiger partial charge >= 0.3 is 0 Å². The van der Waals surface area contributed by atoms with E-state index in [4.69, 9.17) is 10.5 Å². The van der Waals surface area contributed by atoms with Crippen LogP contribution in [-0.2, 0) is 4.74 Å². The minimum absolute atomic E-state index is 0.0917. The number of hydrogen-bond donors (Lipinski definition) is 3. The highest BCUT2D eigenvalue weighted by molar-refractivity contribution is 9.10. The van der Waals surface area contributed by atoms with Crippen LogP contribution in [0.4, 0.5) is 5.69 Å². The molecule has 0 spiro atoms. The van der Waals surface area contributed by atoms with Crippen LogP contribution in [0.25, 0.3) is 0 Å². The first kappa shape index (κ1) is 14.3. The zero-order valence-electron chi connectivity index (χ0n) is 10.5. The SMILES string of the molecule is Nc1cc(Br)cc(C(=O)NC2(CO)CCOCC2)c1. The molecule has 6 heteroatoms. The second kappa shape index (κ2) is 5.90. The van der Waals surface area contributed by atoms with Gasteiger partial charge in [0.05, 0.1) is 12.1 Å². The maximum Gasteiger partial charge on any atom is 0.251 e. The number of carbonyl (C=O) groups excluding carboxylic acids is 1. The Balaban J connectivity index is 2.15. The third-order valence-electron chi connectivity index (χ3n) is 3.31. The van der Waals surface area contributed by atoms with Crippen molar-refractivity contribution >= 4 is 27.5 Å². The van der Waals surface area contributed by atoms with E-state index >= 15 is 0 Å². The zero-order valence-corrected chi connectivity index (χ0v) is 12.1. The van der Waals surface area contributed by atoms with Crippen LogP contribution in [0.3, 0.4) is 0 Å². The Kier molecular flexibility index (Phi) is 4.44. The summed E-state index contributed by atoms with van der Waals surface area (Å²) in [6, 6.07) is 5.05. The lowest BCUT2D eigenvalue weighted by Gasteiger charge is -2.36. The highest BCUT2D eigenvalue weighted by Crippen LogP contribution is 2.22. The summed E-state index contributed by atoms with van der Waals surface area (Å²) >= 11 is 3.31. The Morgan fingerprint density at radius 2 is 2.11 bits per heavy atom. The Bertz CT molecular complexity index is 453. The molecule has 0 aliphatic carbocycles. The summed E-state index contributed by atoms with van der Waals surface area (Å²) < 4.78 is 6.01. The Hall–Kier alpha value is -1.11. The molecule has 0 radical (unpaired) electrons. The predicted octanol–water partition coefficient (Wildman–Crippen LogP) is 1.30. The van der Waals surface area contributed by atoms with Crippen LogP contribution in [0.2, 0.25) is 0 Å². The van der Waals surface area contributed by atoms with E-state index in [1.54, 1.807) is 18.2 Å². The van der Waals surface area contributed by atoms with E-state index in [1.807, 2.05) is 0 Å². The number of rotatable bonds is 3. The summed E-state index contributed by atoms with van der Waals surface area (Å²) in [6.45, 7) is 0.995. The number of halogens is 1. The van der Waals surface area contributed by atoms with E-state index in [2.05, 4.69) is 21.2 Å². The summed E-state index contributed by atoms with van der Waals surface area (Å²) in [5.74, 6) is -0.232. The molecule has 1 fully saturated rings. The maximum atomic E-state index is 12.2. The van der Waals surface area contributed by atoms with Crippen LogP contribution in [0, 0.1) is 0 Å². The monoisotopic (exact) mass is 328 g/mol. The number of aliphatic hydroxyl groups excluding tert-OH is 1. The molecule has 0 atom stereocenters. The van der Waals surface area contributed by atoms with Crippen molar-refractivity contribution in [3.8, 4) is 0 Å². The van der Waals surface area contributed by atoms with Crippen LogP contribution in [0.1, 0.15) is 23.2 Å². The third kappa shape index (κ3) is 3.46. The van der Waals surface area contributed by atoms with Crippen LogP contribution in [0.5, 0.6) is 0 Å². The van der Waals surface area contributed by atoms with Crippen molar-refractivity contribution in [2.45, 2.75) is 18.4 Å². The molecule has 4 N–H and O–H groups in total. The molecule has 1 amide bonds. The summed E-state index contributed by atoms with van der Waals surface area (Å²) in [5, 5.41) is 12.4. The lowest BCUT2D eigenvalue weighted by Crippen LogP contribution is -2.54. The van der Waals surface area contributed by atoms with Gasteiger partial charge in [0.2, 0.25) is 0 Å². The van der Waals surface area contributed by atoms with Gasteiger partial charge in [-0.05, 0) is 31.0 Å². The molecular weight excluding hydrogens is 312 g/mol. The highest BCUT2D eigenvalue weighted by Gasteiger charge is 2.33. The molecule has 5 nitrogen and oxygen atoms in total. The van der Waals surface area contributed by atoms with E-state index in [1.165, 1.54) is 0 Å². The smallest absolute Gasteiger partial charge is 0.251 e. The Morgan fingerprint density at radius 3 is 2.68 bits per heavy atom. The van der Waals surface area contributed by atoms with Gasteiger partial charge in [0.15, 0.2) is 0 Å². The second-order valence-electron chi connectivity index (χ2n) is 4.78. The van der Waals surface area contributed by atoms with Gasteiger partial charge in [-0.25, -0.2) is 0 Å². The van der Waals surface area contributed by atoms with E-state index in [-0.39, 0.29) is 12.5 Å². The van der Waals surface area contributed by atoms with E-state index in [0.717, 1.165) is 4.47 Å². The molecule has 1 saturated heterocycles. The summed E-state index contributed by atoms with van der Waals surface area (Å²) in [4.78, 5) is 12.2. The second-order valence-corrected chi connectivity index (χ2v) is 5.69. The fraction of sp³-hybridized carbons (Fsp3) is 0.462. The molecule has 0 saturated carbocycles. The first-order chi connectivity index (χ1) is 9.04. The van der Waals surface area contributed by atoms with Gasteiger partial charge in [0, 0.05) is 28.9 Å². The number of benzene rings is 1. The summed E-state index contributed by atoms with van der Waals surface area (Å²) in [6.07, 6.45) is 1.22. The van der Waals surface area contributed by atoms with Crippen molar-refractivity contribution in [2.24, 2.45) is 0 Å². The average molecular weight is 329 g/mol. The van der Waals surface area contributed by atoms with Gasteiger partial charge in [-0.3, -0.25) is 4.79 Å². The van der Waals surface area contributed by atoms with Crippen molar-refractivity contribution in [2.75, 3.05) is 25.6 Å². The predicted molar refractivity (Wildman–Crippen MR) is 75.9 cm³/mol. The number of nitrogen functional groups attached to an aromatic ring is 1. The fourth-order valence-electron chi connectivity index (χ4n) is 2.14. The highest BCUT2D eigenvalue weighted by atomic mass is 79.9. The Morgan fingerprint density at radius 1 is 1.42 bits per heavy atom. The van der Waals surface area contributed by atoms with E-state index < -0.39 is 5.54 Å². The molecular formula is C13H17BrN2O3. The zero-order chi connectivity index (χ0) is 13.9. The maximum absolute atomic E-state index is 12.2. The molecule has 0 aromatic heterocycles. The van der Waals surface area contributed by atoms with Crippen molar-refractivity contribution in [1.29, 1.82) is 0 Å². The van der Waals surface area contributed by atoms with Gasteiger partial charge < -0.3 is 20.9 Å². The lowest BCUT2D eigenvalue weighted by molar-refractivity contribution is 0.0125. The minimum Gasteiger partial charge on any atom is -0.399 e. The van der Waals surface area contributed by atoms with E-state index in [9.17, 15) is 9.90 Å². The van der Waals surface area contributed by atoms with Crippen LogP contribution in [-0.4, -0.2) is 36.4 Å². The number of hydrogen-bond acceptors (Lipinski definition) is 4. The van der Waals surface area contributed by atoms with Crippen LogP contribution < -0.4 is 11.1 Å².